The van der Waals surface area contributed by atoms with Crippen LogP contribution < -0.4 is 4.74 Å². The number of aromatic amines is 1. The SMILES string of the molecule is CC(C)OCCOc1ccc2[c]c[nH]c2n1. The summed E-state index contributed by atoms with van der Waals surface area (Å²) in [5, 5.41) is 0.964. The fourth-order valence-corrected chi connectivity index (χ4v) is 1.36. The van der Waals surface area contributed by atoms with Crippen LogP contribution in [0.2, 0.25) is 0 Å². The summed E-state index contributed by atoms with van der Waals surface area (Å²) in [4.78, 5) is 7.28. The van der Waals surface area contributed by atoms with Gasteiger partial charge in [0.25, 0.3) is 0 Å². The second-order valence-electron chi connectivity index (χ2n) is 3.75. The predicted octanol–water partition coefficient (Wildman–Crippen LogP) is 2.17. The Morgan fingerprint density at radius 1 is 1.38 bits per heavy atom. The molecule has 0 aliphatic heterocycles. The monoisotopic (exact) mass is 219 g/mol. The average Bonchev–Trinajstić information content (AvgIpc) is 2.71. The summed E-state index contributed by atoms with van der Waals surface area (Å²) in [6.07, 6.45) is 1.97. The molecule has 2 rings (SSSR count). The van der Waals surface area contributed by atoms with Crippen LogP contribution in [0.1, 0.15) is 13.8 Å². The number of nitrogens with one attached hydrogen (secondary N) is 1. The van der Waals surface area contributed by atoms with E-state index in [1.165, 1.54) is 0 Å². The average molecular weight is 219 g/mol. The second-order valence-corrected chi connectivity index (χ2v) is 3.75. The van der Waals surface area contributed by atoms with Crippen LogP contribution in [0.3, 0.4) is 0 Å². The minimum absolute atomic E-state index is 0.233. The van der Waals surface area contributed by atoms with Crippen LogP contribution in [0.5, 0.6) is 5.88 Å². The molecule has 0 aliphatic rings. The van der Waals surface area contributed by atoms with Crippen molar-refractivity contribution >= 4 is 11.0 Å². The van der Waals surface area contributed by atoms with Crippen molar-refractivity contribution in [3.05, 3.63) is 24.4 Å². The summed E-state index contributed by atoms with van der Waals surface area (Å²) < 4.78 is 10.8. The van der Waals surface area contributed by atoms with Crippen molar-refractivity contribution in [3.63, 3.8) is 0 Å². The summed E-state index contributed by atoms with van der Waals surface area (Å²) in [7, 11) is 0. The highest BCUT2D eigenvalue weighted by atomic mass is 16.5. The Balaban J connectivity index is 1.89. The number of aromatic nitrogens is 2. The minimum atomic E-state index is 0.233. The first-order valence-corrected chi connectivity index (χ1v) is 5.36. The van der Waals surface area contributed by atoms with E-state index in [1.807, 2.05) is 26.0 Å². The first-order valence-electron chi connectivity index (χ1n) is 5.36. The highest BCUT2D eigenvalue weighted by Crippen LogP contribution is 2.14. The van der Waals surface area contributed by atoms with Crippen molar-refractivity contribution in [3.8, 4) is 5.88 Å². The third kappa shape index (κ3) is 2.73. The fraction of sp³-hybridized carbons (Fsp3) is 0.417. The highest BCUT2D eigenvalue weighted by Gasteiger charge is 2.00. The molecule has 0 saturated heterocycles. The van der Waals surface area contributed by atoms with Crippen molar-refractivity contribution in [2.75, 3.05) is 13.2 Å². The van der Waals surface area contributed by atoms with E-state index in [2.05, 4.69) is 16.0 Å². The molecule has 1 radical (unpaired) electrons. The van der Waals surface area contributed by atoms with Crippen LogP contribution in [-0.4, -0.2) is 29.3 Å². The Bertz CT molecular complexity index is 451. The van der Waals surface area contributed by atoms with E-state index < -0.39 is 0 Å². The van der Waals surface area contributed by atoms with Crippen LogP contribution >= 0.6 is 0 Å². The molecule has 2 aromatic rings. The van der Waals surface area contributed by atoms with E-state index in [-0.39, 0.29) is 6.10 Å². The van der Waals surface area contributed by atoms with Gasteiger partial charge in [-0.25, -0.2) is 0 Å². The molecule has 0 aromatic carbocycles. The third-order valence-electron chi connectivity index (χ3n) is 2.09. The van der Waals surface area contributed by atoms with Gasteiger partial charge in [0, 0.05) is 23.7 Å². The normalized spacial score (nSPS) is 11.2. The maximum Gasteiger partial charge on any atom is 0.215 e. The summed E-state index contributed by atoms with van der Waals surface area (Å²) in [6, 6.07) is 6.79. The van der Waals surface area contributed by atoms with Crippen molar-refractivity contribution in [1.29, 1.82) is 0 Å². The van der Waals surface area contributed by atoms with Gasteiger partial charge < -0.3 is 14.5 Å². The first kappa shape index (κ1) is 11.0. The Morgan fingerprint density at radius 2 is 2.25 bits per heavy atom. The Labute approximate surface area is 94.6 Å². The molecule has 0 fully saturated rings. The molecule has 16 heavy (non-hydrogen) atoms. The predicted molar refractivity (Wildman–Crippen MR) is 61.5 cm³/mol. The maximum absolute atomic E-state index is 5.46. The first-order chi connectivity index (χ1) is 7.75. The molecule has 0 atom stereocenters. The zero-order valence-electron chi connectivity index (χ0n) is 9.49. The van der Waals surface area contributed by atoms with Gasteiger partial charge in [0.15, 0.2) is 0 Å². The van der Waals surface area contributed by atoms with Gasteiger partial charge in [-0.2, -0.15) is 4.98 Å². The fourth-order valence-electron chi connectivity index (χ4n) is 1.36. The largest absolute Gasteiger partial charge is 0.475 e. The van der Waals surface area contributed by atoms with E-state index in [0.29, 0.717) is 19.1 Å². The molecule has 0 saturated carbocycles. The number of hydrogen-bond donors (Lipinski definition) is 1. The number of hydrogen-bond acceptors (Lipinski definition) is 3. The zero-order chi connectivity index (χ0) is 11.4. The van der Waals surface area contributed by atoms with Gasteiger partial charge in [0.2, 0.25) is 5.88 Å². The molecule has 2 heterocycles. The van der Waals surface area contributed by atoms with Gasteiger partial charge in [-0.3, -0.25) is 0 Å². The van der Waals surface area contributed by atoms with Crippen LogP contribution in [0.15, 0.2) is 18.3 Å². The molecular formula is C12H15N2O2. The molecule has 0 spiro atoms. The zero-order valence-corrected chi connectivity index (χ0v) is 9.49. The molecule has 1 N–H and O–H groups in total. The van der Waals surface area contributed by atoms with Crippen molar-refractivity contribution in [1.82, 2.24) is 9.97 Å². The van der Waals surface area contributed by atoms with Crippen LogP contribution in [0.25, 0.3) is 11.0 Å². The quantitative estimate of drug-likeness (QED) is 0.784. The minimum Gasteiger partial charge on any atom is -0.475 e. The lowest BCUT2D eigenvalue weighted by molar-refractivity contribution is 0.0543. The summed E-state index contributed by atoms with van der Waals surface area (Å²) in [5.41, 5.74) is 0.794. The third-order valence-corrected chi connectivity index (χ3v) is 2.09. The molecular weight excluding hydrogens is 204 g/mol. The van der Waals surface area contributed by atoms with Crippen molar-refractivity contribution in [2.45, 2.75) is 20.0 Å². The van der Waals surface area contributed by atoms with Gasteiger partial charge in [0.05, 0.1) is 12.7 Å². The van der Waals surface area contributed by atoms with E-state index in [9.17, 15) is 0 Å². The summed E-state index contributed by atoms with van der Waals surface area (Å²) in [5.74, 6) is 0.607. The van der Waals surface area contributed by atoms with Gasteiger partial charge in [-0.05, 0) is 19.9 Å². The van der Waals surface area contributed by atoms with Crippen molar-refractivity contribution < 1.29 is 9.47 Å². The number of rotatable bonds is 5. The van der Waals surface area contributed by atoms with E-state index in [4.69, 9.17) is 9.47 Å². The molecule has 2 aromatic heterocycles. The lowest BCUT2D eigenvalue weighted by Gasteiger charge is -2.08. The number of nitrogens with zero attached hydrogens (tertiary/aromatic N) is 1. The van der Waals surface area contributed by atoms with Gasteiger partial charge >= 0.3 is 0 Å². The smallest absolute Gasteiger partial charge is 0.215 e. The summed E-state index contributed by atoms with van der Waals surface area (Å²) in [6.45, 7) is 5.09. The highest BCUT2D eigenvalue weighted by molar-refractivity contribution is 5.74. The number of H-pyrrole nitrogens is 1. The standard InChI is InChI=1S/C12H15N2O2/c1-9(2)15-7-8-16-11-4-3-10-5-6-13-12(10)14-11/h3-4,6,9H,7-8H2,1-2H3,(H,13,14). The topological polar surface area (TPSA) is 47.1 Å². The van der Waals surface area contributed by atoms with E-state index >= 15 is 0 Å². The summed E-state index contributed by atoms with van der Waals surface area (Å²) >= 11 is 0. The Kier molecular flexibility index (Phi) is 3.41. The molecule has 4 heteroatoms. The Hall–Kier alpha value is -1.55. The molecule has 4 nitrogen and oxygen atoms in total. The molecule has 0 amide bonds. The van der Waals surface area contributed by atoms with Crippen molar-refractivity contribution in [2.24, 2.45) is 0 Å². The second kappa shape index (κ2) is 4.99. The molecule has 85 valence electrons. The number of pyridine rings is 1. The number of ether oxygens (including phenoxy) is 2. The maximum atomic E-state index is 5.46. The van der Waals surface area contributed by atoms with Gasteiger partial charge in [0.1, 0.15) is 12.3 Å². The van der Waals surface area contributed by atoms with Crippen LogP contribution in [0.4, 0.5) is 0 Å². The molecule has 0 aliphatic carbocycles. The molecule has 0 unspecified atom stereocenters. The lowest BCUT2D eigenvalue weighted by atomic mass is 10.3. The van der Waals surface area contributed by atoms with E-state index in [1.54, 1.807) is 6.20 Å². The van der Waals surface area contributed by atoms with Gasteiger partial charge in [-0.1, -0.05) is 0 Å². The van der Waals surface area contributed by atoms with Gasteiger partial charge in [-0.15, -0.1) is 0 Å². The van der Waals surface area contributed by atoms with Crippen LogP contribution in [0, 0.1) is 6.07 Å². The van der Waals surface area contributed by atoms with Crippen LogP contribution in [-0.2, 0) is 4.74 Å². The molecule has 0 bridgehead atoms. The Morgan fingerprint density at radius 3 is 3.06 bits per heavy atom. The van der Waals surface area contributed by atoms with E-state index in [0.717, 1.165) is 11.0 Å². The lowest BCUT2D eigenvalue weighted by Crippen LogP contribution is -2.11. The number of fused-ring (bicyclic) bond motifs is 1.